The van der Waals surface area contributed by atoms with Crippen molar-refractivity contribution in [2.75, 3.05) is 45.1 Å². The molecule has 0 unspecified atom stereocenters. The van der Waals surface area contributed by atoms with Crippen molar-refractivity contribution in [3.05, 3.63) is 28.2 Å². The third-order valence-electron chi connectivity index (χ3n) is 3.22. The van der Waals surface area contributed by atoms with Crippen molar-refractivity contribution in [3.8, 4) is 0 Å². The van der Waals surface area contributed by atoms with Gasteiger partial charge in [0, 0.05) is 35.4 Å². The number of morpholine rings is 1. The highest BCUT2D eigenvalue weighted by molar-refractivity contribution is 9.10. The zero-order chi connectivity index (χ0) is 14.4. The lowest BCUT2D eigenvalue weighted by Crippen LogP contribution is -2.38. The number of carbonyl (C=O) groups excluding carboxylic acids is 1. The number of amides is 1. The van der Waals surface area contributed by atoms with Crippen molar-refractivity contribution in [3.63, 3.8) is 0 Å². The molecule has 0 spiro atoms. The Kier molecular flexibility index (Phi) is 5.82. The number of benzene rings is 1. The Morgan fingerprint density at radius 1 is 1.35 bits per heavy atom. The van der Waals surface area contributed by atoms with Gasteiger partial charge in [0.1, 0.15) is 0 Å². The Bertz CT molecular complexity index is 441. The van der Waals surface area contributed by atoms with Gasteiger partial charge in [0.25, 0.3) is 5.91 Å². The monoisotopic (exact) mass is 341 g/mol. The van der Waals surface area contributed by atoms with E-state index in [1.165, 1.54) is 0 Å². The summed E-state index contributed by atoms with van der Waals surface area (Å²) in [5.74, 6) is -0.0834. The molecule has 1 aliphatic heterocycles. The number of ether oxygens (including phenoxy) is 1. The van der Waals surface area contributed by atoms with Gasteiger partial charge in [-0.3, -0.25) is 9.69 Å². The molecule has 0 aliphatic carbocycles. The first-order valence-electron chi connectivity index (χ1n) is 6.79. The molecule has 0 radical (unpaired) electrons. The molecule has 110 valence electrons. The van der Waals surface area contributed by atoms with Crippen LogP contribution in [0.3, 0.4) is 0 Å². The van der Waals surface area contributed by atoms with Gasteiger partial charge in [-0.15, -0.1) is 0 Å². The average molecular weight is 342 g/mol. The van der Waals surface area contributed by atoms with Gasteiger partial charge in [0.15, 0.2) is 0 Å². The first kappa shape index (κ1) is 15.3. The van der Waals surface area contributed by atoms with E-state index in [4.69, 9.17) is 10.5 Å². The van der Waals surface area contributed by atoms with E-state index in [9.17, 15) is 4.79 Å². The van der Waals surface area contributed by atoms with Crippen molar-refractivity contribution in [2.45, 2.75) is 6.42 Å². The lowest BCUT2D eigenvalue weighted by molar-refractivity contribution is 0.0374. The maximum Gasteiger partial charge on any atom is 0.251 e. The van der Waals surface area contributed by atoms with Gasteiger partial charge < -0.3 is 15.8 Å². The van der Waals surface area contributed by atoms with Gasteiger partial charge in [-0.25, -0.2) is 0 Å². The molecule has 2 rings (SSSR count). The molecule has 1 aromatic carbocycles. The second-order valence-electron chi connectivity index (χ2n) is 4.84. The van der Waals surface area contributed by atoms with Gasteiger partial charge in [-0.1, -0.05) is 15.9 Å². The zero-order valence-electron chi connectivity index (χ0n) is 11.4. The fourth-order valence-electron chi connectivity index (χ4n) is 2.17. The van der Waals surface area contributed by atoms with Crippen LogP contribution in [0, 0.1) is 0 Å². The Hall–Kier alpha value is -1.11. The predicted molar refractivity (Wildman–Crippen MR) is 82.8 cm³/mol. The number of halogens is 1. The molecule has 1 fully saturated rings. The summed E-state index contributed by atoms with van der Waals surface area (Å²) in [4.78, 5) is 14.3. The van der Waals surface area contributed by atoms with Crippen LogP contribution >= 0.6 is 15.9 Å². The minimum atomic E-state index is -0.0834. The van der Waals surface area contributed by atoms with Crippen LogP contribution < -0.4 is 11.1 Å². The summed E-state index contributed by atoms with van der Waals surface area (Å²) in [6, 6.07) is 5.23. The maximum absolute atomic E-state index is 12.0. The number of carbonyl (C=O) groups is 1. The number of nitrogens with zero attached hydrogens (tertiary/aromatic N) is 1. The second kappa shape index (κ2) is 7.61. The van der Waals surface area contributed by atoms with Crippen molar-refractivity contribution in [1.29, 1.82) is 0 Å². The first-order chi connectivity index (χ1) is 9.65. The first-order valence-corrected chi connectivity index (χ1v) is 7.59. The van der Waals surface area contributed by atoms with E-state index in [2.05, 4.69) is 26.1 Å². The van der Waals surface area contributed by atoms with Crippen LogP contribution in [0.4, 0.5) is 5.69 Å². The van der Waals surface area contributed by atoms with Crippen molar-refractivity contribution in [1.82, 2.24) is 10.2 Å². The zero-order valence-corrected chi connectivity index (χ0v) is 13.0. The van der Waals surface area contributed by atoms with Crippen LogP contribution in [0.25, 0.3) is 0 Å². The Morgan fingerprint density at radius 2 is 2.10 bits per heavy atom. The Balaban J connectivity index is 1.71. The van der Waals surface area contributed by atoms with Crippen LogP contribution in [0.5, 0.6) is 0 Å². The molecular formula is C14H20BrN3O2. The number of nitrogen functional groups attached to an aromatic ring is 1. The molecule has 1 amide bonds. The molecule has 0 atom stereocenters. The number of nitrogens with one attached hydrogen (secondary N) is 1. The van der Waals surface area contributed by atoms with Gasteiger partial charge in [-0.05, 0) is 31.2 Å². The lowest BCUT2D eigenvalue weighted by Gasteiger charge is -2.26. The van der Waals surface area contributed by atoms with E-state index in [0.29, 0.717) is 17.8 Å². The topological polar surface area (TPSA) is 67.6 Å². The largest absolute Gasteiger partial charge is 0.399 e. The molecule has 1 aliphatic rings. The quantitative estimate of drug-likeness (QED) is 0.628. The molecule has 1 saturated heterocycles. The van der Waals surface area contributed by atoms with E-state index < -0.39 is 0 Å². The summed E-state index contributed by atoms with van der Waals surface area (Å²) in [5.41, 5.74) is 6.89. The van der Waals surface area contributed by atoms with E-state index >= 15 is 0 Å². The van der Waals surface area contributed by atoms with E-state index in [1.807, 2.05) is 0 Å². The Morgan fingerprint density at radius 3 is 2.80 bits per heavy atom. The average Bonchev–Trinajstić information content (AvgIpc) is 2.43. The van der Waals surface area contributed by atoms with E-state index in [-0.39, 0.29) is 5.91 Å². The van der Waals surface area contributed by atoms with Gasteiger partial charge in [0.2, 0.25) is 0 Å². The summed E-state index contributed by atoms with van der Waals surface area (Å²) >= 11 is 3.34. The Labute approximate surface area is 127 Å². The molecule has 0 saturated carbocycles. The van der Waals surface area contributed by atoms with Crippen LogP contribution in [-0.4, -0.2) is 50.2 Å². The summed E-state index contributed by atoms with van der Waals surface area (Å²) in [6.07, 6.45) is 0.940. The molecule has 3 N–H and O–H groups in total. The number of anilines is 1. The SMILES string of the molecule is Nc1cc(Br)cc(C(=O)NCCCN2CCOCC2)c1. The van der Waals surface area contributed by atoms with E-state index in [1.54, 1.807) is 18.2 Å². The smallest absolute Gasteiger partial charge is 0.251 e. The van der Waals surface area contributed by atoms with Crippen molar-refractivity contribution < 1.29 is 9.53 Å². The summed E-state index contributed by atoms with van der Waals surface area (Å²) in [6.45, 7) is 5.24. The summed E-state index contributed by atoms with van der Waals surface area (Å²) in [5, 5.41) is 2.92. The molecule has 1 aromatic rings. The lowest BCUT2D eigenvalue weighted by atomic mass is 10.2. The third-order valence-corrected chi connectivity index (χ3v) is 3.68. The van der Waals surface area contributed by atoms with Gasteiger partial charge in [0.05, 0.1) is 13.2 Å². The van der Waals surface area contributed by atoms with Crippen LogP contribution in [0.15, 0.2) is 22.7 Å². The second-order valence-corrected chi connectivity index (χ2v) is 5.75. The fraction of sp³-hybridized carbons (Fsp3) is 0.500. The molecular weight excluding hydrogens is 322 g/mol. The van der Waals surface area contributed by atoms with Crippen LogP contribution in [0.1, 0.15) is 16.8 Å². The number of nitrogens with two attached hydrogens (primary N) is 1. The molecule has 1 heterocycles. The summed E-state index contributed by atoms with van der Waals surface area (Å²) in [7, 11) is 0. The molecule has 6 heteroatoms. The van der Waals surface area contributed by atoms with Crippen molar-refractivity contribution >= 4 is 27.5 Å². The predicted octanol–water partition coefficient (Wildman–Crippen LogP) is 1.48. The van der Waals surface area contributed by atoms with Crippen LogP contribution in [0.2, 0.25) is 0 Å². The molecule has 5 nitrogen and oxygen atoms in total. The highest BCUT2D eigenvalue weighted by Crippen LogP contribution is 2.17. The van der Waals surface area contributed by atoms with E-state index in [0.717, 1.165) is 43.7 Å². The molecule has 0 aromatic heterocycles. The third kappa shape index (κ3) is 4.77. The van der Waals surface area contributed by atoms with Crippen LogP contribution in [-0.2, 0) is 4.74 Å². The molecule has 20 heavy (non-hydrogen) atoms. The highest BCUT2D eigenvalue weighted by atomic mass is 79.9. The fourth-order valence-corrected chi connectivity index (χ4v) is 2.69. The van der Waals surface area contributed by atoms with Crippen molar-refractivity contribution in [2.24, 2.45) is 0 Å². The number of hydrogen-bond donors (Lipinski definition) is 2. The molecule has 0 bridgehead atoms. The standard InChI is InChI=1S/C14H20BrN3O2/c15-12-8-11(9-13(16)10-12)14(19)17-2-1-3-18-4-6-20-7-5-18/h8-10H,1-7,16H2,(H,17,19). The summed E-state index contributed by atoms with van der Waals surface area (Å²) < 4.78 is 6.11. The number of hydrogen-bond acceptors (Lipinski definition) is 4. The van der Waals surface area contributed by atoms with Gasteiger partial charge in [-0.2, -0.15) is 0 Å². The highest BCUT2D eigenvalue weighted by Gasteiger charge is 2.10. The van der Waals surface area contributed by atoms with Gasteiger partial charge >= 0.3 is 0 Å². The number of rotatable bonds is 5. The minimum absolute atomic E-state index is 0.0834. The maximum atomic E-state index is 12.0. The normalized spacial score (nSPS) is 16.1. The minimum Gasteiger partial charge on any atom is -0.399 e.